The van der Waals surface area contributed by atoms with Crippen LogP contribution >= 0.6 is 22.9 Å². The molecule has 1 aromatic heterocycles. The Kier molecular flexibility index (Phi) is 2.46. The van der Waals surface area contributed by atoms with Gasteiger partial charge in [0.15, 0.2) is 5.13 Å². The first-order valence-electron chi connectivity index (χ1n) is 6.59. The molecule has 3 fully saturated rings. The number of nitrogens with zero attached hydrogens (tertiary/aromatic N) is 1. The van der Waals surface area contributed by atoms with Gasteiger partial charge < -0.3 is 5.32 Å². The van der Waals surface area contributed by atoms with Gasteiger partial charge >= 0.3 is 0 Å². The van der Waals surface area contributed by atoms with Crippen molar-refractivity contribution >= 4 is 34.0 Å². The summed E-state index contributed by atoms with van der Waals surface area (Å²) in [6.45, 7) is 0. The lowest BCUT2D eigenvalue weighted by Gasteiger charge is -2.07. The Balaban J connectivity index is 1.43. The molecule has 4 atom stereocenters. The van der Waals surface area contributed by atoms with Crippen LogP contribution in [0.1, 0.15) is 25.0 Å². The molecule has 0 aliphatic heterocycles. The van der Waals surface area contributed by atoms with Crippen LogP contribution < -0.4 is 5.32 Å². The highest BCUT2D eigenvalue weighted by atomic mass is 35.5. The van der Waals surface area contributed by atoms with Gasteiger partial charge in [-0.05, 0) is 42.9 Å². The third kappa shape index (κ3) is 1.55. The predicted molar refractivity (Wildman–Crippen MR) is 71.6 cm³/mol. The topological polar surface area (TPSA) is 42.0 Å². The summed E-state index contributed by atoms with van der Waals surface area (Å²) in [6, 6.07) is 0. The number of anilines is 1. The number of alkyl halides is 1. The van der Waals surface area contributed by atoms with Gasteiger partial charge in [0, 0.05) is 11.3 Å². The largest absolute Gasteiger partial charge is 0.302 e. The van der Waals surface area contributed by atoms with Gasteiger partial charge in [-0.25, -0.2) is 4.98 Å². The molecule has 1 amide bonds. The maximum absolute atomic E-state index is 12.2. The molecule has 0 radical (unpaired) electrons. The fraction of sp³-hybridized carbons (Fsp3) is 0.692. The van der Waals surface area contributed by atoms with Crippen LogP contribution in [-0.4, -0.2) is 10.9 Å². The van der Waals surface area contributed by atoms with Crippen molar-refractivity contribution in [2.75, 3.05) is 5.32 Å². The van der Waals surface area contributed by atoms with Crippen LogP contribution in [0.15, 0.2) is 5.38 Å². The van der Waals surface area contributed by atoms with E-state index >= 15 is 0 Å². The number of carbonyl (C=O) groups excluding carboxylic acids is 1. The normalized spacial score (nSPS) is 39.7. The van der Waals surface area contributed by atoms with Crippen molar-refractivity contribution < 1.29 is 4.79 Å². The zero-order chi connectivity index (χ0) is 12.3. The van der Waals surface area contributed by atoms with Gasteiger partial charge in [0.2, 0.25) is 5.91 Å². The molecule has 2 bridgehead atoms. The molecule has 96 valence electrons. The summed E-state index contributed by atoms with van der Waals surface area (Å²) in [4.78, 5) is 16.5. The van der Waals surface area contributed by atoms with E-state index in [-0.39, 0.29) is 11.8 Å². The Hall–Kier alpha value is -0.610. The Bertz CT molecular complexity index is 487. The molecule has 3 aliphatic carbocycles. The van der Waals surface area contributed by atoms with Crippen molar-refractivity contribution in [2.24, 2.45) is 29.6 Å². The van der Waals surface area contributed by atoms with Crippen molar-refractivity contribution in [1.29, 1.82) is 0 Å². The third-order valence-corrected chi connectivity index (χ3v) is 6.04. The molecule has 0 saturated heterocycles. The number of hydrogen-bond acceptors (Lipinski definition) is 3. The molecular formula is C13H15ClN2OS. The zero-order valence-electron chi connectivity index (χ0n) is 9.93. The minimum absolute atomic E-state index is 0.192. The second kappa shape index (κ2) is 3.94. The first-order valence-corrected chi connectivity index (χ1v) is 8.00. The highest BCUT2D eigenvalue weighted by Gasteiger charge is 2.67. The summed E-state index contributed by atoms with van der Waals surface area (Å²) in [7, 11) is 0. The lowest BCUT2D eigenvalue weighted by Crippen LogP contribution is -2.18. The smallest absolute Gasteiger partial charge is 0.229 e. The number of thiazole rings is 1. The van der Waals surface area contributed by atoms with E-state index < -0.39 is 0 Å². The van der Waals surface area contributed by atoms with Crippen molar-refractivity contribution in [3.8, 4) is 0 Å². The zero-order valence-corrected chi connectivity index (χ0v) is 11.5. The first kappa shape index (κ1) is 11.2. The van der Waals surface area contributed by atoms with Gasteiger partial charge in [-0.15, -0.1) is 22.9 Å². The van der Waals surface area contributed by atoms with Crippen molar-refractivity contribution in [2.45, 2.75) is 25.1 Å². The van der Waals surface area contributed by atoms with Crippen LogP contribution in [0.3, 0.4) is 0 Å². The van der Waals surface area contributed by atoms with E-state index in [1.54, 1.807) is 0 Å². The van der Waals surface area contributed by atoms with E-state index in [2.05, 4.69) is 10.3 Å². The number of rotatable bonds is 3. The van der Waals surface area contributed by atoms with Crippen molar-refractivity contribution in [3.63, 3.8) is 0 Å². The number of carbonyl (C=O) groups is 1. The van der Waals surface area contributed by atoms with E-state index in [4.69, 9.17) is 11.6 Å². The monoisotopic (exact) mass is 282 g/mol. The average Bonchev–Trinajstić information content (AvgIpc) is 2.73. The number of aromatic nitrogens is 1. The summed E-state index contributed by atoms with van der Waals surface area (Å²) < 4.78 is 0. The molecule has 1 heterocycles. The molecule has 18 heavy (non-hydrogen) atoms. The lowest BCUT2D eigenvalue weighted by molar-refractivity contribution is -0.118. The molecular weight excluding hydrogens is 268 g/mol. The average molecular weight is 283 g/mol. The lowest BCUT2D eigenvalue weighted by atomic mass is 10.0. The number of nitrogens with one attached hydrogen (secondary N) is 1. The quantitative estimate of drug-likeness (QED) is 0.866. The van der Waals surface area contributed by atoms with E-state index in [1.165, 1.54) is 30.6 Å². The summed E-state index contributed by atoms with van der Waals surface area (Å²) in [5.41, 5.74) is 0.841. The van der Waals surface area contributed by atoms with Gasteiger partial charge in [-0.1, -0.05) is 0 Å². The highest BCUT2D eigenvalue weighted by molar-refractivity contribution is 7.14. The number of halogens is 1. The number of fused-ring (bicyclic) bond motifs is 5. The minimum atomic E-state index is 0.192. The molecule has 4 unspecified atom stereocenters. The van der Waals surface area contributed by atoms with Gasteiger partial charge in [-0.3, -0.25) is 4.79 Å². The Morgan fingerprint density at radius 1 is 1.44 bits per heavy atom. The standard InChI is InChI=1S/C13H15ClN2OS/c14-4-8-5-18-13(15-8)16-12(17)11-9-6-1-2-7(3-6)10(9)11/h5-7,9-11H,1-4H2,(H,15,16,17). The SMILES string of the molecule is O=C(Nc1nc(CCl)cs1)C1C2C3CCC(C3)C12. The maximum Gasteiger partial charge on any atom is 0.229 e. The fourth-order valence-corrected chi connectivity index (χ4v) is 5.23. The molecule has 1 N–H and O–H groups in total. The van der Waals surface area contributed by atoms with Crippen molar-refractivity contribution in [1.82, 2.24) is 4.98 Å². The van der Waals surface area contributed by atoms with Crippen LogP contribution in [0.25, 0.3) is 0 Å². The van der Waals surface area contributed by atoms with E-state index in [0.29, 0.717) is 22.8 Å². The second-order valence-corrected chi connectivity index (χ2v) is 6.91. The second-order valence-electron chi connectivity index (χ2n) is 5.78. The molecule has 0 spiro atoms. The molecule has 3 aliphatic rings. The van der Waals surface area contributed by atoms with Gasteiger partial charge in [0.1, 0.15) is 0 Å². The molecule has 1 aromatic rings. The predicted octanol–water partition coefficient (Wildman–Crippen LogP) is 3.11. The summed E-state index contributed by atoms with van der Waals surface area (Å²) >= 11 is 7.17. The summed E-state index contributed by atoms with van der Waals surface area (Å²) in [6.07, 6.45) is 4.08. The molecule has 0 aromatic carbocycles. The highest BCUT2D eigenvalue weighted by Crippen LogP contribution is 2.69. The minimum Gasteiger partial charge on any atom is -0.302 e. The first-order chi connectivity index (χ1) is 8.78. The molecule has 3 saturated carbocycles. The Labute approximate surface area is 115 Å². The van der Waals surface area contributed by atoms with E-state index in [0.717, 1.165) is 17.5 Å². The van der Waals surface area contributed by atoms with E-state index in [9.17, 15) is 4.79 Å². The van der Waals surface area contributed by atoms with Crippen LogP contribution in [0, 0.1) is 29.6 Å². The maximum atomic E-state index is 12.2. The van der Waals surface area contributed by atoms with Crippen LogP contribution in [0.4, 0.5) is 5.13 Å². The third-order valence-electron chi connectivity index (χ3n) is 4.96. The summed E-state index contributed by atoms with van der Waals surface area (Å²) in [5.74, 6) is 3.94. The molecule has 4 rings (SSSR count). The Morgan fingerprint density at radius 3 is 2.78 bits per heavy atom. The summed E-state index contributed by atoms with van der Waals surface area (Å²) in [5, 5.41) is 5.57. The fourth-order valence-electron chi connectivity index (χ4n) is 4.29. The van der Waals surface area contributed by atoms with E-state index in [1.807, 2.05) is 5.38 Å². The van der Waals surface area contributed by atoms with Gasteiger partial charge in [0.25, 0.3) is 0 Å². The van der Waals surface area contributed by atoms with Gasteiger partial charge in [0.05, 0.1) is 11.6 Å². The van der Waals surface area contributed by atoms with Crippen molar-refractivity contribution in [3.05, 3.63) is 11.1 Å². The molecule has 5 heteroatoms. The van der Waals surface area contributed by atoms with Crippen LogP contribution in [-0.2, 0) is 10.7 Å². The van der Waals surface area contributed by atoms with Crippen LogP contribution in [0.5, 0.6) is 0 Å². The number of hydrogen-bond donors (Lipinski definition) is 1. The van der Waals surface area contributed by atoms with Gasteiger partial charge in [-0.2, -0.15) is 0 Å². The molecule has 3 nitrogen and oxygen atoms in total. The Morgan fingerprint density at radius 2 is 2.17 bits per heavy atom. The number of amides is 1. The van der Waals surface area contributed by atoms with Crippen LogP contribution in [0.2, 0.25) is 0 Å².